The van der Waals surface area contributed by atoms with Crippen molar-refractivity contribution in [1.29, 1.82) is 0 Å². The van der Waals surface area contributed by atoms with Gasteiger partial charge in [-0.15, -0.1) is 24.0 Å². The van der Waals surface area contributed by atoms with Gasteiger partial charge in [-0.05, 0) is 29.9 Å². The van der Waals surface area contributed by atoms with Crippen LogP contribution in [-0.4, -0.2) is 85.1 Å². The summed E-state index contributed by atoms with van der Waals surface area (Å²) in [7, 11) is 1.90. The van der Waals surface area contributed by atoms with Crippen LogP contribution in [0.5, 0.6) is 0 Å². The molecule has 3 heterocycles. The molecule has 2 unspecified atom stereocenters. The average Bonchev–Trinajstić information content (AvgIpc) is 2.83. The molecular formula is C24H36IN7. The molecule has 0 radical (unpaired) electrons. The van der Waals surface area contributed by atoms with Crippen LogP contribution in [0, 0.1) is 5.92 Å². The summed E-state index contributed by atoms with van der Waals surface area (Å²) in [6, 6.07) is 12.8. The lowest BCUT2D eigenvalue weighted by atomic mass is 9.82. The van der Waals surface area contributed by atoms with E-state index in [1.165, 1.54) is 12.0 Å². The topological polar surface area (TPSA) is 59.9 Å². The summed E-state index contributed by atoms with van der Waals surface area (Å²) in [6.07, 6.45) is 4.80. The van der Waals surface area contributed by atoms with E-state index >= 15 is 0 Å². The molecule has 1 aromatic carbocycles. The summed E-state index contributed by atoms with van der Waals surface area (Å²) >= 11 is 0. The third kappa shape index (κ3) is 6.31. The molecule has 0 bridgehead atoms. The van der Waals surface area contributed by atoms with Crippen LogP contribution in [0.4, 0.5) is 5.95 Å². The SMILES string of the molecule is CN=C(NCCN1CCN(c2ncccn2)CC1)N1CCC(c2ccccc2)C(C)C1.I. The van der Waals surface area contributed by atoms with Crippen molar-refractivity contribution >= 4 is 35.9 Å². The highest BCUT2D eigenvalue weighted by molar-refractivity contribution is 14.0. The molecule has 1 N–H and O–H groups in total. The van der Waals surface area contributed by atoms with E-state index in [1.807, 2.05) is 25.5 Å². The number of anilines is 1. The van der Waals surface area contributed by atoms with Crippen LogP contribution in [0.25, 0.3) is 0 Å². The standard InChI is InChI=1S/C24H35N7.HI/c1-20-19-31(13-9-22(20)21-7-4-3-5-8-21)23(25-2)28-12-14-29-15-17-30(18-16-29)24-26-10-6-11-27-24;/h3-8,10-11,20,22H,9,12-19H2,1-2H3,(H,25,28);1H. The van der Waals surface area contributed by atoms with Crippen LogP contribution in [0.15, 0.2) is 53.8 Å². The summed E-state index contributed by atoms with van der Waals surface area (Å²) < 4.78 is 0. The second kappa shape index (κ2) is 12.3. The second-order valence-corrected chi connectivity index (χ2v) is 8.58. The first-order chi connectivity index (χ1) is 15.2. The van der Waals surface area contributed by atoms with E-state index in [2.05, 4.69) is 72.2 Å². The van der Waals surface area contributed by atoms with Gasteiger partial charge < -0.3 is 15.1 Å². The van der Waals surface area contributed by atoms with Crippen molar-refractivity contribution in [3.63, 3.8) is 0 Å². The number of likely N-dealkylation sites (tertiary alicyclic amines) is 1. The van der Waals surface area contributed by atoms with E-state index in [-0.39, 0.29) is 24.0 Å². The van der Waals surface area contributed by atoms with Crippen molar-refractivity contribution in [2.75, 3.05) is 64.3 Å². The van der Waals surface area contributed by atoms with Gasteiger partial charge in [-0.25, -0.2) is 9.97 Å². The highest BCUT2D eigenvalue weighted by Gasteiger charge is 2.28. The lowest BCUT2D eigenvalue weighted by Gasteiger charge is -2.39. The van der Waals surface area contributed by atoms with Crippen LogP contribution in [0.1, 0.15) is 24.8 Å². The fourth-order valence-electron chi connectivity index (χ4n) is 4.82. The molecule has 174 valence electrons. The predicted molar refractivity (Wildman–Crippen MR) is 142 cm³/mol. The maximum atomic E-state index is 4.57. The highest BCUT2D eigenvalue weighted by Crippen LogP contribution is 2.32. The molecule has 2 saturated heterocycles. The molecule has 2 aromatic rings. The second-order valence-electron chi connectivity index (χ2n) is 8.58. The first-order valence-electron chi connectivity index (χ1n) is 11.5. The van der Waals surface area contributed by atoms with Gasteiger partial charge in [-0.3, -0.25) is 9.89 Å². The van der Waals surface area contributed by atoms with Crippen molar-refractivity contribution in [3.05, 3.63) is 54.4 Å². The summed E-state index contributed by atoms with van der Waals surface area (Å²) in [6.45, 7) is 10.4. The minimum atomic E-state index is 0. The van der Waals surface area contributed by atoms with E-state index < -0.39 is 0 Å². The molecule has 0 aliphatic carbocycles. The summed E-state index contributed by atoms with van der Waals surface area (Å²) in [5.41, 5.74) is 1.47. The van der Waals surface area contributed by atoms with Crippen molar-refractivity contribution < 1.29 is 0 Å². The van der Waals surface area contributed by atoms with Crippen LogP contribution in [0.2, 0.25) is 0 Å². The molecule has 0 amide bonds. The molecule has 2 fully saturated rings. The lowest BCUT2D eigenvalue weighted by molar-refractivity contribution is 0.230. The van der Waals surface area contributed by atoms with Crippen LogP contribution in [-0.2, 0) is 0 Å². The highest BCUT2D eigenvalue weighted by atomic mass is 127. The zero-order chi connectivity index (χ0) is 21.5. The Bertz CT molecular complexity index is 825. The first kappa shape index (κ1) is 24.7. The minimum Gasteiger partial charge on any atom is -0.355 e. The first-order valence-corrected chi connectivity index (χ1v) is 11.5. The normalized spacial score (nSPS) is 22.4. The van der Waals surface area contributed by atoms with Gasteiger partial charge in [0.05, 0.1) is 0 Å². The van der Waals surface area contributed by atoms with Gasteiger partial charge in [0.15, 0.2) is 5.96 Å². The monoisotopic (exact) mass is 549 g/mol. The van der Waals surface area contributed by atoms with Gasteiger partial charge in [0, 0.05) is 71.8 Å². The van der Waals surface area contributed by atoms with Crippen LogP contribution in [0.3, 0.4) is 0 Å². The van der Waals surface area contributed by atoms with E-state index in [4.69, 9.17) is 0 Å². The molecular weight excluding hydrogens is 513 g/mol. The number of aromatic nitrogens is 2. The maximum absolute atomic E-state index is 4.57. The Hall–Kier alpha value is -1.94. The average molecular weight is 550 g/mol. The van der Waals surface area contributed by atoms with Crippen molar-refractivity contribution in [3.8, 4) is 0 Å². The Morgan fingerprint density at radius 1 is 1.03 bits per heavy atom. The number of piperazine rings is 1. The number of guanidine groups is 1. The number of hydrogen-bond donors (Lipinski definition) is 1. The zero-order valence-corrected chi connectivity index (χ0v) is 21.6. The fourth-order valence-corrected chi connectivity index (χ4v) is 4.82. The predicted octanol–water partition coefficient (Wildman–Crippen LogP) is 2.92. The van der Waals surface area contributed by atoms with E-state index in [0.717, 1.165) is 64.3 Å². The number of hydrogen-bond acceptors (Lipinski definition) is 5. The third-order valence-electron chi connectivity index (χ3n) is 6.56. The smallest absolute Gasteiger partial charge is 0.225 e. The van der Waals surface area contributed by atoms with E-state index in [9.17, 15) is 0 Å². The molecule has 0 spiro atoms. The number of rotatable bonds is 5. The molecule has 32 heavy (non-hydrogen) atoms. The minimum absolute atomic E-state index is 0. The van der Waals surface area contributed by atoms with Gasteiger partial charge in [0.2, 0.25) is 5.95 Å². The summed E-state index contributed by atoms with van der Waals surface area (Å²) in [5, 5.41) is 3.60. The summed E-state index contributed by atoms with van der Waals surface area (Å²) in [4.78, 5) is 20.5. The third-order valence-corrected chi connectivity index (χ3v) is 6.56. The molecule has 1 aromatic heterocycles. The number of nitrogens with zero attached hydrogens (tertiary/aromatic N) is 6. The van der Waals surface area contributed by atoms with Gasteiger partial charge >= 0.3 is 0 Å². The Balaban J connectivity index is 0.00000289. The van der Waals surface area contributed by atoms with Crippen LogP contribution < -0.4 is 10.2 Å². The molecule has 0 saturated carbocycles. The van der Waals surface area contributed by atoms with E-state index in [1.54, 1.807) is 0 Å². The Morgan fingerprint density at radius 2 is 1.75 bits per heavy atom. The molecule has 2 aliphatic rings. The number of halogens is 1. The van der Waals surface area contributed by atoms with Crippen LogP contribution >= 0.6 is 24.0 Å². The van der Waals surface area contributed by atoms with E-state index in [0.29, 0.717) is 11.8 Å². The molecule has 7 nitrogen and oxygen atoms in total. The van der Waals surface area contributed by atoms with Gasteiger partial charge in [-0.2, -0.15) is 0 Å². The van der Waals surface area contributed by atoms with Crippen molar-refractivity contribution in [2.45, 2.75) is 19.3 Å². The molecule has 2 aliphatic heterocycles. The quantitative estimate of drug-likeness (QED) is 0.352. The van der Waals surface area contributed by atoms with Gasteiger partial charge in [0.1, 0.15) is 0 Å². The Labute approximate surface area is 209 Å². The lowest BCUT2D eigenvalue weighted by Crippen LogP contribution is -2.51. The Morgan fingerprint density at radius 3 is 2.41 bits per heavy atom. The molecule has 4 rings (SSSR count). The largest absolute Gasteiger partial charge is 0.355 e. The van der Waals surface area contributed by atoms with Crippen molar-refractivity contribution in [2.24, 2.45) is 10.9 Å². The number of aliphatic imine (C=N–C) groups is 1. The number of benzene rings is 1. The van der Waals surface area contributed by atoms with Gasteiger partial charge in [0.25, 0.3) is 0 Å². The molecule has 8 heteroatoms. The fraction of sp³-hybridized carbons (Fsp3) is 0.542. The van der Waals surface area contributed by atoms with Crippen molar-refractivity contribution in [1.82, 2.24) is 25.1 Å². The summed E-state index contributed by atoms with van der Waals surface area (Å²) in [5.74, 6) is 3.13. The zero-order valence-electron chi connectivity index (χ0n) is 19.2. The maximum Gasteiger partial charge on any atom is 0.225 e. The van der Waals surface area contributed by atoms with Gasteiger partial charge in [-0.1, -0.05) is 37.3 Å². The Kier molecular flexibility index (Phi) is 9.52. The number of nitrogens with one attached hydrogen (secondary N) is 1. The number of piperidine rings is 1. The molecule has 2 atom stereocenters.